The molecule has 0 radical (unpaired) electrons. The summed E-state index contributed by atoms with van der Waals surface area (Å²) in [6.45, 7) is 6.39. The molecule has 35 heavy (non-hydrogen) atoms. The Morgan fingerprint density at radius 3 is 2.66 bits per heavy atom. The Hall–Kier alpha value is -2.87. The summed E-state index contributed by atoms with van der Waals surface area (Å²) in [7, 11) is 3.38. The van der Waals surface area contributed by atoms with Crippen LogP contribution in [0.4, 0.5) is 23.1 Å². The summed E-state index contributed by atoms with van der Waals surface area (Å²) >= 11 is 3.60. The van der Waals surface area contributed by atoms with E-state index < -0.39 is 7.92 Å². The van der Waals surface area contributed by atoms with Crippen LogP contribution in [0.3, 0.4) is 0 Å². The van der Waals surface area contributed by atoms with E-state index in [-0.39, 0.29) is 0 Å². The van der Waals surface area contributed by atoms with Gasteiger partial charge in [-0.25, -0.2) is 4.98 Å². The van der Waals surface area contributed by atoms with E-state index in [4.69, 9.17) is 9.72 Å². The lowest BCUT2D eigenvalue weighted by molar-refractivity contribution is 0.311. The summed E-state index contributed by atoms with van der Waals surface area (Å²) in [6.07, 6.45) is 6.21. The first-order chi connectivity index (χ1) is 16.9. The Morgan fingerprint density at radius 2 is 1.86 bits per heavy atom. The zero-order valence-electron chi connectivity index (χ0n) is 20.1. The fourth-order valence-electron chi connectivity index (χ4n) is 4.33. The summed E-state index contributed by atoms with van der Waals surface area (Å²) in [5.74, 6) is 1.93. The van der Waals surface area contributed by atoms with Gasteiger partial charge in [0.25, 0.3) is 0 Å². The first kappa shape index (κ1) is 23.9. The lowest BCUT2D eigenvalue weighted by Gasteiger charge is -2.26. The molecule has 2 aromatic heterocycles. The number of methoxy groups -OCH3 is 1. The minimum Gasteiger partial charge on any atom is -0.495 e. The first-order valence-corrected chi connectivity index (χ1v) is 14.3. The van der Waals surface area contributed by atoms with Gasteiger partial charge in [0.05, 0.1) is 28.3 Å². The van der Waals surface area contributed by atoms with Crippen LogP contribution in [-0.2, 0) is 13.0 Å². The molecule has 5 rings (SSSR count). The lowest BCUT2D eigenvalue weighted by atomic mass is 9.99. The van der Waals surface area contributed by atoms with Crippen molar-refractivity contribution in [2.24, 2.45) is 0 Å². The van der Waals surface area contributed by atoms with E-state index in [1.807, 2.05) is 12.1 Å². The molecule has 10 heteroatoms. The second kappa shape index (κ2) is 10.0. The maximum absolute atomic E-state index is 5.68. The van der Waals surface area contributed by atoms with Gasteiger partial charge in [-0.2, -0.15) is 4.98 Å². The average Bonchev–Trinajstić information content (AvgIpc) is 2.85. The van der Waals surface area contributed by atoms with Crippen LogP contribution < -0.4 is 20.7 Å². The molecule has 0 atom stereocenters. The van der Waals surface area contributed by atoms with Crippen LogP contribution in [0.25, 0.3) is 11.0 Å². The number of likely N-dealkylation sites (N-methyl/N-ethyl adjacent to an activating group) is 1. The third kappa shape index (κ3) is 4.94. The molecule has 180 valence electrons. The molecule has 1 aliphatic rings. The van der Waals surface area contributed by atoms with E-state index in [1.165, 1.54) is 11.1 Å². The van der Waals surface area contributed by atoms with Gasteiger partial charge in [-0.05, 0) is 78.1 Å². The van der Waals surface area contributed by atoms with Crippen LogP contribution in [0.15, 0.2) is 47.3 Å². The van der Waals surface area contributed by atoms with Crippen molar-refractivity contribution in [3.8, 4) is 5.75 Å². The van der Waals surface area contributed by atoms with Crippen LogP contribution >= 0.6 is 23.9 Å². The van der Waals surface area contributed by atoms with E-state index in [9.17, 15) is 0 Å². The number of nitrogens with one attached hydrogen (secondary N) is 2. The zero-order chi connectivity index (χ0) is 24.5. The first-order valence-electron chi connectivity index (χ1n) is 11.3. The average molecular weight is 552 g/mol. The normalized spacial score (nSPS) is 13.7. The van der Waals surface area contributed by atoms with Crippen LogP contribution in [0.1, 0.15) is 11.1 Å². The van der Waals surface area contributed by atoms with Gasteiger partial charge in [0.1, 0.15) is 11.6 Å². The third-order valence-corrected chi connectivity index (χ3v) is 7.96. The predicted molar refractivity (Wildman–Crippen MR) is 147 cm³/mol. The van der Waals surface area contributed by atoms with Crippen molar-refractivity contribution in [1.29, 1.82) is 0 Å². The maximum atomic E-state index is 5.68. The number of halogens is 1. The van der Waals surface area contributed by atoms with E-state index in [0.717, 1.165) is 57.4 Å². The molecule has 8 nitrogen and oxygen atoms in total. The van der Waals surface area contributed by atoms with Crippen molar-refractivity contribution in [3.05, 3.63) is 58.5 Å². The molecule has 2 aromatic carbocycles. The summed E-state index contributed by atoms with van der Waals surface area (Å²) < 4.78 is 6.45. The second-order valence-corrected chi connectivity index (χ2v) is 11.8. The number of ether oxygens (including phenoxy) is 1. The molecule has 0 aliphatic carbocycles. The van der Waals surface area contributed by atoms with Gasteiger partial charge in [-0.15, -0.1) is 0 Å². The molecule has 1 aliphatic heterocycles. The quantitative estimate of drug-likeness (QED) is 0.322. The molecule has 4 aromatic rings. The zero-order valence-corrected chi connectivity index (χ0v) is 22.6. The molecule has 0 saturated heterocycles. The van der Waals surface area contributed by atoms with E-state index in [2.05, 4.69) is 78.9 Å². The van der Waals surface area contributed by atoms with Gasteiger partial charge in [0.15, 0.2) is 0 Å². The van der Waals surface area contributed by atoms with Gasteiger partial charge in [0.2, 0.25) is 5.95 Å². The van der Waals surface area contributed by atoms with Crippen LogP contribution in [0, 0.1) is 0 Å². The number of hydrogen-bond acceptors (Lipinski definition) is 8. The molecular formula is C25H27BrN7OP. The SMILES string of the molecule is COc1cc2c(cc1Nc1ncc(Br)c(Nc3ccc4nccnc4c3P(C)C)n1)CCN(C)C2. The highest BCUT2D eigenvalue weighted by Crippen LogP contribution is 2.36. The number of hydrogen-bond donors (Lipinski definition) is 2. The maximum Gasteiger partial charge on any atom is 0.229 e. The van der Waals surface area contributed by atoms with E-state index in [1.54, 1.807) is 25.7 Å². The Morgan fingerprint density at radius 1 is 1.03 bits per heavy atom. The fraction of sp³-hybridized carbons (Fsp3) is 0.280. The number of anilines is 4. The molecule has 0 unspecified atom stereocenters. The van der Waals surface area contributed by atoms with Crippen molar-refractivity contribution in [3.63, 3.8) is 0 Å². The molecule has 3 heterocycles. The second-order valence-electron chi connectivity index (χ2n) is 8.73. The number of rotatable bonds is 6. The molecule has 0 amide bonds. The highest BCUT2D eigenvalue weighted by molar-refractivity contribution is 9.10. The van der Waals surface area contributed by atoms with Crippen LogP contribution in [-0.4, -0.2) is 58.9 Å². The molecular weight excluding hydrogens is 525 g/mol. The Labute approximate surface area is 214 Å². The van der Waals surface area contributed by atoms with Crippen LogP contribution in [0.2, 0.25) is 0 Å². The molecule has 0 spiro atoms. The Balaban J connectivity index is 1.48. The van der Waals surface area contributed by atoms with Crippen molar-refractivity contribution in [2.75, 3.05) is 44.7 Å². The highest BCUT2D eigenvalue weighted by atomic mass is 79.9. The third-order valence-electron chi connectivity index (χ3n) is 6.03. The van der Waals surface area contributed by atoms with Gasteiger partial charge < -0.3 is 20.3 Å². The molecule has 0 bridgehead atoms. The van der Waals surface area contributed by atoms with Crippen molar-refractivity contribution in [2.45, 2.75) is 13.0 Å². The number of fused-ring (bicyclic) bond motifs is 2. The van der Waals surface area contributed by atoms with E-state index in [0.29, 0.717) is 11.8 Å². The monoisotopic (exact) mass is 551 g/mol. The highest BCUT2D eigenvalue weighted by Gasteiger charge is 2.19. The summed E-state index contributed by atoms with van der Waals surface area (Å²) in [5, 5.41) is 8.02. The van der Waals surface area contributed by atoms with Gasteiger partial charge in [-0.1, -0.05) is 7.92 Å². The van der Waals surface area contributed by atoms with E-state index >= 15 is 0 Å². The van der Waals surface area contributed by atoms with Crippen molar-refractivity contribution in [1.82, 2.24) is 24.8 Å². The number of nitrogens with zero attached hydrogens (tertiary/aromatic N) is 5. The Kier molecular flexibility index (Phi) is 6.82. The summed E-state index contributed by atoms with van der Waals surface area (Å²) in [4.78, 5) is 20.6. The predicted octanol–water partition coefficient (Wildman–Crippen LogP) is 5.03. The number of benzene rings is 2. The van der Waals surface area contributed by atoms with Gasteiger partial charge in [0, 0.05) is 42.7 Å². The van der Waals surface area contributed by atoms with Crippen molar-refractivity contribution < 1.29 is 4.74 Å². The Bertz CT molecular complexity index is 1400. The summed E-state index contributed by atoms with van der Waals surface area (Å²) in [5.41, 5.74) is 6.25. The summed E-state index contributed by atoms with van der Waals surface area (Å²) in [6, 6.07) is 8.29. The number of aromatic nitrogens is 4. The standard InChI is InChI=1S/C25H27BrN7OP/c1-33-10-7-15-11-20(21(34-2)12-16(15)14-33)31-25-29-13-17(26)24(32-25)30-19-6-5-18-22(23(19)35(3)4)28-9-8-27-18/h5-6,8-9,11-13H,7,10,14H2,1-4H3,(H2,29,30,31,32). The fourth-order valence-corrected chi connectivity index (χ4v) is 5.83. The minimum atomic E-state index is -0.444. The van der Waals surface area contributed by atoms with Crippen molar-refractivity contribution >= 4 is 63.3 Å². The minimum absolute atomic E-state index is 0.444. The largest absolute Gasteiger partial charge is 0.495 e. The van der Waals surface area contributed by atoms with Gasteiger partial charge >= 0.3 is 0 Å². The smallest absolute Gasteiger partial charge is 0.229 e. The molecule has 2 N–H and O–H groups in total. The lowest BCUT2D eigenvalue weighted by Crippen LogP contribution is -2.26. The van der Waals surface area contributed by atoms with Crippen LogP contribution in [0.5, 0.6) is 5.75 Å². The van der Waals surface area contributed by atoms with Gasteiger partial charge in [-0.3, -0.25) is 9.97 Å². The topological polar surface area (TPSA) is 88.1 Å². The molecule has 0 fully saturated rings. The molecule has 0 saturated carbocycles.